The summed E-state index contributed by atoms with van der Waals surface area (Å²) in [6.45, 7) is 0. The molecule has 0 aromatic carbocycles. The first-order valence-electron chi connectivity index (χ1n) is 0. The van der Waals surface area contributed by atoms with Crippen LogP contribution in [0.25, 0.3) is 0 Å². The molecule has 4 heavy (non-hydrogen) atoms. The molecular weight excluding hydrogens is 298 g/mol. The fourth-order valence-corrected chi connectivity index (χ4v) is 0. The van der Waals surface area contributed by atoms with E-state index in [9.17, 15) is 0 Å². The molecule has 0 aromatic heterocycles. The second-order valence-corrected chi connectivity index (χ2v) is 0. The second-order valence-electron chi connectivity index (χ2n) is 0. The molecule has 2 nitrogen and oxygen atoms in total. The van der Waals surface area contributed by atoms with Gasteiger partial charge in [-0.15, -0.1) is 0 Å². The molecule has 4 heteroatoms. The van der Waals surface area contributed by atoms with Crippen molar-refractivity contribution in [3.05, 3.63) is 0 Å². The van der Waals surface area contributed by atoms with Gasteiger partial charge in [0.1, 0.15) is 0 Å². The molecule has 0 fully saturated rings. The van der Waals surface area contributed by atoms with Gasteiger partial charge >= 0.3 is 11.0 Å². The Kier molecular flexibility index (Phi) is 485. The zero-order valence-corrected chi connectivity index (χ0v) is 6.98. The Bertz CT molecular complexity index is 6.00. The van der Waals surface area contributed by atoms with Crippen LogP contribution in [0.2, 0.25) is 0 Å². The third kappa shape index (κ3) is 10.8. The standard InChI is InChI=1S/2O.Si.U/q2*-2;+4;. The Labute approximate surface area is 53.0 Å². The van der Waals surface area contributed by atoms with E-state index in [0.717, 1.165) is 0 Å². The summed E-state index contributed by atoms with van der Waals surface area (Å²) >= 11 is 0. The summed E-state index contributed by atoms with van der Waals surface area (Å²) < 4.78 is 0. The molecule has 0 N–H and O–H groups in total. The maximum absolute atomic E-state index is 0. The molecule has 0 saturated carbocycles. The minimum Gasteiger partial charge on any atom is -2.00 e. The summed E-state index contributed by atoms with van der Waals surface area (Å²) in [5, 5.41) is 0. The van der Waals surface area contributed by atoms with Crippen LogP contribution < -0.4 is 0 Å². The van der Waals surface area contributed by atoms with E-state index in [1.165, 1.54) is 0 Å². The van der Waals surface area contributed by atoms with Crippen molar-refractivity contribution < 1.29 is 42.1 Å². The van der Waals surface area contributed by atoms with Crippen molar-refractivity contribution in [3.8, 4) is 0 Å². The fourth-order valence-electron chi connectivity index (χ4n) is 0. The SMILES string of the molecule is [O-2].[O-2].[Si+4].[U]. The average molecular weight is 298 g/mol. The number of hydrogen-bond acceptors (Lipinski definition) is 0. The van der Waals surface area contributed by atoms with E-state index in [1.54, 1.807) is 0 Å². The quantitative estimate of drug-likeness (QED) is 0.535. The molecule has 0 atom stereocenters. The maximum atomic E-state index is 0. The second kappa shape index (κ2) is 30.1. The van der Waals surface area contributed by atoms with Gasteiger partial charge in [-0.05, 0) is 0 Å². The summed E-state index contributed by atoms with van der Waals surface area (Å²) in [5.41, 5.74) is 0. The minimum absolute atomic E-state index is 0. The molecule has 0 bridgehead atoms. The van der Waals surface area contributed by atoms with Crippen LogP contribution in [0.4, 0.5) is 0 Å². The van der Waals surface area contributed by atoms with Crippen LogP contribution in [0.15, 0.2) is 0 Å². The Morgan fingerprint density at radius 2 is 0.750 bits per heavy atom. The number of rotatable bonds is 0. The Balaban J connectivity index is 0. The van der Waals surface area contributed by atoms with E-state index >= 15 is 0 Å². The monoisotopic (exact) mass is 298 g/mol. The first-order valence-corrected chi connectivity index (χ1v) is 0. The predicted octanol–water partition coefficient (Wildman–Crippen LogP) is -0.618. The van der Waals surface area contributed by atoms with Gasteiger partial charge in [0, 0.05) is 31.1 Å². The van der Waals surface area contributed by atoms with Crippen LogP contribution in [0.1, 0.15) is 0 Å². The molecular formula is O2SiU. The average Bonchev–Trinajstić information content (AvgIpc) is 0. The van der Waals surface area contributed by atoms with Gasteiger partial charge in [0.15, 0.2) is 0 Å². The van der Waals surface area contributed by atoms with Gasteiger partial charge in [0.05, 0.1) is 0 Å². The zero-order valence-electron chi connectivity index (χ0n) is 1.82. The Hall–Kier alpha value is 1.19. The molecule has 0 saturated heterocycles. The van der Waals surface area contributed by atoms with Gasteiger partial charge in [-0.3, -0.25) is 0 Å². The first-order chi connectivity index (χ1) is 0. The molecule has 0 amide bonds. The predicted molar refractivity (Wildman–Crippen MR) is 7.13 cm³/mol. The summed E-state index contributed by atoms with van der Waals surface area (Å²) in [7, 11) is 0. The van der Waals surface area contributed by atoms with E-state index in [-0.39, 0.29) is 53.0 Å². The fraction of sp³-hybridized carbons (Fsp3) is 0. The van der Waals surface area contributed by atoms with Crippen molar-refractivity contribution in [1.29, 1.82) is 0 Å². The van der Waals surface area contributed by atoms with Crippen molar-refractivity contribution in [1.82, 2.24) is 0 Å². The molecule has 0 aliphatic heterocycles. The Morgan fingerprint density at radius 1 is 0.750 bits per heavy atom. The molecule has 0 aliphatic rings. The van der Waals surface area contributed by atoms with Gasteiger partial charge < -0.3 is 11.0 Å². The Morgan fingerprint density at radius 3 is 0.750 bits per heavy atom. The third-order valence-electron chi connectivity index (χ3n) is 0. The van der Waals surface area contributed by atoms with Gasteiger partial charge in [-0.2, -0.15) is 0 Å². The minimum atomic E-state index is 0. The largest absolute Gasteiger partial charge is 4.00 e. The van der Waals surface area contributed by atoms with Crippen LogP contribution in [0.5, 0.6) is 0 Å². The van der Waals surface area contributed by atoms with Gasteiger partial charge in [0.2, 0.25) is 0 Å². The van der Waals surface area contributed by atoms with E-state index < -0.39 is 0 Å². The van der Waals surface area contributed by atoms with Crippen LogP contribution >= 0.6 is 0 Å². The molecule has 20 valence electrons. The van der Waals surface area contributed by atoms with Crippen molar-refractivity contribution in [2.45, 2.75) is 0 Å². The summed E-state index contributed by atoms with van der Waals surface area (Å²) in [5.74, 6) is 0. The molecule has 0 spiro atoms. The third-order valence-corrected chi connectivity index (χ3v) is 0. The molecule has 0 radical (unpaired) electrons. The van der Waals surface area contributed by atoms with Crippen LogP contribution in [0, 0.1) is 31.1 Å². The van der Waals surface area contributed by atoms with E-state index in [1.807, 2.05) is 0 Å². The van der Waals surface area contributed by atoms with Gasteiger partial charge in [0.25, 0.3) is 0 Å². The smallest absolute Gasteiger partial charge is 2.00 e. The van der Waals surface area contributed by atoms with Crippen molar-refractivity contribution in [3.63, 3.8) is 0 Å². The molecule has 0 heterocycles. The summed E-state index contributed by atoms with van der Waals surface area (Å²) in [6, 6.07) is 0. The van der Waals surface area contributed by atoms with Crippen LogP contribution in [0.3, 0.4) is 0 Å². The van der Waals surface area contributed by atoms with Crippen molar-refractivity contribution in [2.24, 2.45) is 0 Å². The first kappa shape index (κ1) is 64.4. The van der Waals surface area contributed by atoms with Gasteiger partial charge in [-0.1, -0.05) is 0 Å². The van der Waals surface area contributed by atoms with Crippen molar-refractivity contribution >= 4 is 11.0 Å². The maximum Gasteiger partial charge on any atom is 4.00 e. The van der Waals surface area contributed by atoms with E-state index in [4.69, 9.17) is 0 Å². The van der Waals surface area contributed by atoms with Crippen molar-refractivity contribution in [2.75, 3.05) is 0 Å². The zero-order chi connectivity index (χ0) is 0. The van der Waals surface area contributed by atoms with E-state index in [2.05, 4.69) is 0 Å². The molecule has 0 aromatic rings. The molecule has 0 aliphatic carbocycles. The van der Waals surface area contributed by atoms with Crippen LogP contribution in [-0.2, 0) is 11.0 Å². The van der Waals surface area contributed by atoms with Crippen LogP contribution in [-0.4, -0.2) is 11.0 Å². The molecule has 0 unspecified atom stereocenters. The topological polar surface area (TPSA) is 57.0 Å². The van der Waals surface area contributed by atoms with Gasteiger partial charge in [-0.25, -0.2) is 0 Å². The summed E-state index contributed by atoms with van der Waals surface area (Å²) in [6.07, 6.45) is 0. The van der Waals surface area contributed by atoms with E-state index in [0.29, 0.717) is 0 Å². The molecule has 0 rings (SSSR count). The summed E-state index contributed by atoms with van der Waals surface area (Å²) in [4.78, 5) is 0. The normalized spacial score (nSPS) is 0. The number of hydrogen-bond donors (Lipinski definition) is 0.